The summed E-state index contributed by atoms with van der Waals surface area (Å²) in [7, 11) is 0. The number of nitrogens with zero attached hydrogens (tertiary/aromatic N) is 3. The van der Waals surface area contributed by atoms with Gasteiger partial charge in [0.25, 0.3) is 0 Å². The van der Waals surface area contributed by atoms with Gasteiger partial charge in [-0.05, 0) is 62.1 Å². The third-order valence-electron chi connectivity index (χ3n) is 4.32. The molecule has 0 unspecified atom stereocenters. The van der Waals surface area contributed by atoms with Crippen LogP contribution >= 0.6 is 0 Å². The molecule has 3 rings (SSSR count). The topological polar surface area (TPSA) is 37.6 Å². The molecule has 0 saturated carbocycles. The molecule has 0 aliphatic carbocycles. The number of pyridine rings is 1. The molecule has 0 aliphatic heterocycles. The molecule has 0 saturated heterocycles. The SMILES string of the molecule is Cc1cccc(C)c1N=Cc1cccc(C=Nc2c(C)cccc2C)n1.[Co+2]. The minimum absolute atomic E-state index is 0. The third-order valence-corrected chi connectivity index (χ3v) is 4.32. The van der Waals surface area contributed by atoms with Gasteiger partial charge in [-0.2, -0.15) is 0 Å². The zero-order chi connectivity index (χ0) is 18.5. The standard InChI is InChI=1S/C23H23N3.Co/c1-16-8-5-9-17(2)22(16)24-14-20-12-7-13-21(26-20)15-25-23-18(3)10-6-11-19(23)4;/h5-15H,1-4H3;/q;+2. The first kappa shape index (κ1) is 20.7. The fourth-order valence-electron chi connectivity index (χ4n) is 2.89. The summed E-state index contributed by atoms with van der Waals surface area (Å²) in [4.78, 5) is 13.9. The Labute approximate surface area is 171 Å². The van der Waals surface area contributed by atoms with Crippen LogP contribution in [0.1, 0.15) is 33.6 Å². The van der Waals surface area contributed by atoms with Crippen molar-refractivity contribution in [1.29, 1.82) is 0 Å². The first-order chi connectivity index (χ1) is 12.5. The van der Waals surface area contributed by atoms with E-state index in [0.717, 1.165) is 45.0 Å². The third kappa shape index (κ3) is 5.22. The molecule has 4 heteroatoms. The smallest absolute Gasteiger partial charge is 0.254 e. The van der Waals surface area contributed by atoms with Crippen molar-refractivity contribution in [2.24, 2.45) is 9.98 Å². The van der Waals surface area contributed by atoms with Crippen LogP contribution in [0.4, 0.5) is 11.4 Å². The molecule has 3 nitrogen and oxygen atoms in total. The Morgan fingerprint density at radius 2 is 0.926 bits per heavy atom. The number of aliphatic imine (C=N–C) groups is 2. The Morgan fingerprint density at radius 3 is 1.30 bits per heavy atom. The molecule has 137 valence electrons. The van der Waals surface area contributed by atoms with Gasteiger partial charge in [-0.15, -0.1) is 0 Å². The maximum absolute atomic E-state index is 4.63. The monoisotopic (exact) mass is 400 g/mol. The largest absolute Gasteiger partial charge is 2.00 e. The Bertz CT molecular complexity index is 873. The van der Waals surface area contributed by atoms with E-state index in [4.69, 9.17) is 0 Å². The number of aryl methyl sites for hydroxylation is 4. The average Bonchev–Trinajstić information content (AvgIpc) is 2.61. The molecular weight excluding hydrogens is 377 g/mol. The van der Waals surface area contributed by atoms with Crippen LogP contribution < -0.4 is 0 Å². The molecule has 1 heterocycles. The second-order valence-corrected chi connectivity index (χ2v) is 6.48. The van der Waals surface area contributed by atoms with E-state index in [-0.39, 0.29) is 16.8 Å². The number of hydrogen-bond donors (Lipinski definition) is 0. The van der Waals surface area contributed by atoms with Gasteiger partial charge in [0.1, 0.15) is 0 Å². The first-order valence-corrected chi connectivity index (χ1v) is 8.72. The maximum Gasteiger partial charge on any atom is 2.00 e. The van der Waals surface area contributed by atoms with E-state index >= 15 is 0 Å². The summed E-state index contributed by atoms with van der Waals surface area (Å²) in [6, 6.07) is 18.3. The minimum atomic E-state index is 0. The second kappa shape index (κ2) is 9.40. The van der Waals surface area contributed by atoms with Crippen molar-refractivity contribution in [3.05, 3.63) is 88.2 Å². The molecule has 3 aromatic rings. The van der Waals surface area contributed by atoms with Crippen molar-refractivity contribution in [2.45, 2.75) is 27.7 Å². The van der Waals surface area contributed by atoms with Crippen molar-refractivity contribution in [2.75, 3.05) is 0 Å². The molecule has 27 heavy (non-hydrogen) atoms. The molecule has 0 spiro atoms. The van der Waals surface area contributed by atoms with E-state index in [1.165, 1.54) is 0 Å². The average molecular weight is 400 g/mol. The van der Waals surface area contributed by atoms with Crippen molar-refractivity contribution < 1.29 is 16.8 Å². The van der Waals surface area contributed by atoms with Gasteiger partial charge >= 0.3 is 16.8 Å². The van der Waals surface area contributed by atoms with Crippen LogP contribution in [0.2, 0.25) is 0 Å². The number of hydrogen-bond acceptors (Lipinski definition) is 3. The van der Waals surface area contributed by atoms with Crippen molar-refractivity contribution in [3.63, 3.8) is 0 Å². The second-order valence-electron chi connectivity index (χ2n) is 6.48. The van der Waals surface area contributed by atoms with E-state index in [1.807, 2.05) is 42.8 Å². The van der Waals surface area contributed by atoms with E-state index in [2.05, 4.69) is 66.9 Å². The normalized spacial score (nSPS) is 11.1. The molecule has 0 fully saturated rings. The zero-order valence-electron chi connectivity index (χ0n) is 16.0. The molecule has 1 radical (unpaired) electrons. The van der Waals surface area contributed by atoms with Crippen molar-refractivity contribution in [1.82, 2.24) is 4.98 Å². The van der Waals surface area contributed by atoms with Crippen LogP contribution in [0.15, 0.2) is 64.6 Å². The summed E-state index contributed by atoms with van der Waals surface area (Å²) < 4.78 is 0. The molecular formula is C23H23CoN3+2. The van der Waals surface area contributed by atoms with Gasteiger partial charge in [0, 0.05) is 0 Å². The summed E-state index contributed by atoms with van der Waals surface area (Å²) in [5, 5.41) is 0. The van der Waals surface area contributed by atoms with Gasteiger partial charge in [-0.25, -0.2) is 4.98 Å². The van der Waals surface area contributed by atoms with Crippen LogP contribution in [-0.2, 0) is 16.8 Å². The van der Waals surface area contributed by atoms with Crippen molar-refractivity contribution >= 4 is 23.8 Å². The Hall–Kier alpha value is -2.56. The molecule has 0 aliphatic rings. The van der Waals surface area contributed by atoms with Gasteiger partial charge in [0.15, 0.2) is 0 Å². The molecule has 1 aromatic heterocycles. The predicted molar refractivity (Wildman–Crippen MR) is 111 cm³/mol. The molecule has 0 amide bonds. The maximum atomic E-state index is 4.63. The van der Waals surface area contributed by atoms with E-state index in [9.17, 15) is 0 Å². The predicted octanol–water partition coefficient (Wildman–Crippen LogP) is 5.81. The summed E-state index contributed by atoms with van der Waals surface area (Å²) in [5.74, 6) is 0. The number of benzene rings is 2. The fourth-order valence-corrected chi connectivity index (χ4v) is 2.89. The number of para-hydroxylation sites is 2. The quantitative estimate of drug-likeness (QED) is 0.509. The number of aromatic nitrogens is 1. The summed E-state index contributed by atoms with van der Waals surface area (Å²) >= 11 is 0. The van der Waals surface area contributed by atoms with Crippen LogP contribution in [0.5, 0.6) is 0 Å². The zero-order valence-corrected chi connectivity index (χ0v) is 17.1. The summed E-state index contributed by atoms with van der Waals surface area (Å²) in [6.07, 6.45) is 3.62. The molecule has 0 bridgehead atoms. The van der Waals surface area contributed by atoms with E-state index < -0.39 is 0 Å². The Kier molecular flexibility index (Phi) is 7.22. The van der Waals surface area contributed by atoms with Gasteiger partial charge in [-0.3, -0.25) is 9.98 Å². The van der Waals surface area contributed by atoms with Crippen LogP contribution in [0, 0.1) is 27.7 Å². The van der Waals surface area contributed by atoms with Gasteiger partial charge in [0.2, 0.25) is 0 Å². The molecule has 2 aromatic carbocycles. The van der Waals surface area contributed by atoms with Gasteiger partial charge in [0.05, 0.1) is 35.2 Å². The Balaban J connectivity index is 0.00000261. The fraction of sp³-hybridized carbons (Fsp3) is 0.174. The van der Waals surface area contributed by atoms with Crippen LogP contribution in [-0.4, -0.2) is 17.4 Å². The van der Waals surface area contributed by atoms with Gasteiger partial charge < -0.3 is 0 Å². The minimum Gasteiger partial charge on any atom is -0.254 e. The van der Waals surface area contributed by atoms with Crippen molar-refractivity contribution in [3.8, 4) is 0 Å². The van der Waals surface area contributed by atoms with Crippen LogP contribution in [0.3, 0.4) is 0 Å². The van der Waals surface area contributed by atoms with E-state index in [0.29, 0.717) is 0 Å². The first-order valence-electron chi connectivity index (χ1n) is 8.72. The Morgan fingerprint density at radius 1 is 0.593 bits per heavy atom. The summed E-state index contributed by atoms with van der Waals surface area (Å²) in [6.45, 7) is 8.28. The molecule has 0 atom stereocenters. The number of rotatable bonds is 4. The van der Waals surface area contributed by atoms with Gasteiger partial charge in [-0.1, -0.05) is 42.5 Å². The molecule has 0 N–H and O–H groups in total. The van der Waals surface area contributed by atoms with Crippen LogP contribution in [0.25, 0.3) is 0 Å². The van der Waals surface area contributed by atoms with E-state index in [1.54, 1.807) is 0 Å². The summed E-state index contributed by atoms with van der Waals surface area (Å²) in [5.41, 5.74) is 8.29.